The summed E-state index contributed by atoms with van der Waals surface area (Å²) in [6, 6.07) is 10.6. The van der Waals surface area contributed by atoms with Crippen LogP contribution >= 0.6 is 0 Å². The molecular weight excluding hydrogens is 386 g/mol. The molecule has 0 aliphatic carbocycles. The lowest BCUT2D eigenvalue weighted by molar-refractivity contribution is -0.384. The topological polar surface area (TPSA) is 128 Å². The average Bonchev–Trinajstić information content (AvgIpc) is 2.66. The van der Waals surface area contributed by atoms with Gasteiger partial charge in [-0.3, -0.25) is 20.3 Å². The summed E-state index contributed by atoms with van der Waals surface area (Å²) in [4.78, 5) is 23.8. The molecule has 2 aromatic carbocycles. The molecule has 28 heavy (non-hydrogen) atoms. The lowest BCUT2D eigenvalue weighted by atomic mass is 10.1. The van der Waals surface area contributed by atoms with Gasteiger partial charge in [-0.05, 0) is 48.7 Å². The number of ether oxygens (including phenoxy) is 1. The van der Waals surface area contributed by atoms with Gasteiger partial charge in [0, 0.05) is 17.7 Å². The first-order valence-corrected chi connectivity index (χ1v) is 9.97. The Balaban J connectivity index is 1.94. The number of nitro benzene ring substituents is 1. The highest BCUT2D eigenvalue weighted by Crippen LogP contribution is 2.16. The number of hydrogen-bond acceptors (Lipinski definition) is 6. The highest BCUT2D eigenvalue weighted by atomic mass is 32.2. The van der Waals surface area contributed by atoms with Gasteiger partial charge in [-0.2, -0.15) is 0 Å². The lowest BCUT2D eigenvalue weighted by Crippen LogP contribution is -2.41. The van der Waals surface area contributed by atoms with Crippen LogP contribution in [0, 0.1) is 16.0 Å². The van der Waals surface area contributed by atoms with Gasteiger partial charge in [0.15, 0.2) is 0 Å². The van der Waals surface area contributed by atoms with Crippen molar-refractivity contribution in [3.63, 3.8) is 0 Å². The number of hydrogen-bond donors (Lipinski definition) is 2. The number of benzene rings is 2. The fourth-order valence-corrected chi connectivity index (χ4v) is 2.95. The van der Waals surface area contributed by atoms with Crippen LogP contribution in [0.1, 0.15) is 30.6 Å². The first kappa shape index (κ1) is 21.3. The number of nitrogens with zero attached hydrogens (tertiary/aromatic N) is 1. The molecule has 0 heterocycles. The summed E-state index contributed by atoms with van der Waals surface area (Å²) < 4.78 is 29.9. The Morgan fingerprint density at radius 2 is 1.71 bits per heavy atom. The molecule has 2 aromatic rings. The van der Waals surface area contributed by atoms with E-state index in [0.29, 0.717) is 18.3 Å². The Morgan fingerprint density at radius 3 is 2.25 bits per heavy atom. The molecule has 1 amide bonds. The fraction of sp³-hybridized carbons (Fsp3) is 0.278. The van der Waals surface area contributed by atoms with Crippen molar-refractivity contribution >= 4 is 21.6 Å². The molecule has 0 aliphatic rings. The van der Waals surface area contributed by atoms with Crippen molar-refractivity contribution < 1.29 is 22.9 Å². The van der Waals surface area contributed by atoms with Crippen molar-refractivity contribution in [2.24, 2.45) is 5.92 Å². The molecule has 0 unspecified atom stereocenters. The minimum atomic E-state index is -4.06. The third kappa shape index (κ3) is 6.03. The van der Waals surface area contributed by atoms with Crippen LogP contribution in [-0.2, 0) is 10.0 Å². The Bertz CT molecular complexity index is 925. The van der Waals surface area contributed by atoms with E-state index in [-0.39, 0.29) is 16.1 Å². The van der Waals surface area contributed by atoms with E-state index in [1.54, 1.807) is 12.1 Å². The van der Waals surface area contributed by atoms with Crippen LogP contribution in [0.3, 0.4) is 0 Å². The molecular formula is C18H21N3O6S. The van der Waals surface area contributed by atoms with Crippen LogP contribution in [-0.4, -0.2) is 25.9 Å². The molecule has 0 bridgehead atoms. The minimum Gasteiger partial charge on any atom is -0.494 e. The van der Waals surface area contributed by atoms with Gasteiger partial charge >= 0.3 is 0 Å². The summed E-state index contributed by atoms with van der Waals surface area (Å²) in [6.45, 7) is 4.75. The van der Waals surface area contributed by atoms with E-state index < -0.39 is 20.9 Å². The van der Waals surface area contributed by atoms with E-state index in [9.17, 15) is 23.3 Å². The molecule has 0 saturated heterocycles. The van der Waals surface area contributed by atoms with Crippen LogP contribution in [0.25, 0.3) is 0 Å². The number of nitro groups is 1. The Morgan fingerprint density at radius 1 is 1.11 bits per heavy atom. The van der Waals surface area contributed by atoms with Crippen molar-refractivity contribution in [2.45, 2.75) is 25.2 Å². The largest absolute Gasteiger partial charge is 0.494 e. The maximum Gasteiger partial charge on any atom is 0.269 e. The van der Waals surface area contributed by atoms with Gasteiger partial charge in [-0.1, -0.05) is 13.8 Å². The lowest BCUT2D eigenvalue weighted by Gasteiger charge is -2.10. The van der Waals surface area contributed by atoms with Crippen molar-refractivity contribution in [3.05, 3.63) is 64.2 Å². The predicted molar refractivity (Wildman–Crippen MR) is 102 cm³/mol. The van der Waals surface area contributed by atoms with E-state index in [1.165, 1.54) is 12.1 Å². The molecule has 0 radical (unpaired) electrons. The van der Waals surface area contributed by atoms with Crippen LogP contribution in [0.15, 0.2) is 53.4 Å². The van der Waals surface area contributed by atoms with E-state index in [0.717, 1.165) is 30.7 Å². The zero-order valence-electron chi connectivity index (χ0n) is 15.4. The van der Waals surface area contributed by atoms with E-state index in [4.69, 9.17) is 4.74 Å². The molecule has 2 rings (SSSR count). The van der Waals surface area contributed by atoms with Crippen LogP contribution < -0.4 is 15.0 Å². The van der Waals surface area contributed by atoms with Gasteiger partial charge in [-0.25, -0.2) is 8.42 Å². The van der Waals surface area contributed by atoms with Gasteiger partial charge in [0.2, 0.25) is 0 Å². The van der Waals surface area contributed by atoms with Gasteiger partial charge < -0.3 is 4.74 Å². The van der Waals surface area contributed by atoms with Crippen LogP contribution in [0.2, 0.25) is 0 Å². The van der Waals surface area contributed by atoms with Gasteiger partial charge in [-0.15, -0.1) is 4.83 Å². The normalized spacial score (nSPS) is 11.2. The van der Waals surface area contributed by atoms with Crippen LogP contribution in [0.5, 0.6) is 5.75 Å². The average molecular weight is 407 g/mol. The van der Waals surface area contributed by atoms with Crippen molar-refractivity contribution in [1.29, 1.82) is 0 Å². The molecule has 0 spiro atoms. The fourth-order valence-electron chi connectivity index (χ4n) is 2.11. The van der Waals surface area contributed by atoms with Gasteiger partial charge in [0.05, 0.1) is 16.4 Å². The van der Waals surface area contributed by atoms with Crippen molar-refractivity contribution in [3.8, 4) is 5.75 Å². The second kappa shape index (κ2) is 9.29. The van der Waals surface area contributed by atoms with Crippen LogP contribution in [0.4, 0.5) is 5.69 Å². The molecule has 0 aliphatic heterocycles. The zero-order valence-corrected chi connectivity index (χ0v) is 16.2. The minimum absolute atomic E-state index is 0.215. The molecule has 9 nitrogen and oxygen atoms in total. The summed E-state index contributed by atoms with van der Waals surface area (Å²) in [7, 11) is -4.06. The predicted octanol–water partition coefficient (Wildman–Crippen LogP) is 2.64. The standard InChI is InChI=1S/C18H21N3O6S/c1-13(2)11-12-27-16-7-3-14(4-8-16)18(22)19-20-28(25,26)17-9-5-15(6-10-17)21(23)24/h3-10,13,20H,11-12H2,1-2H3,(H,19,22). The second-order valence-corrected chi connectivity index (χ2v) is 8.05. The van der Waals surface area contributed by atoms with Crippen molar-refractivity contribution in [1.82, 2.24) is 10.3 Å². The number of hydrazine groups is 1. The third-order valence-electron chi connectivity index (χ3n) is 3.74. The Kier molecular flexibility index (Phi) is 7.07. The summed E-state index contributed by atoms with van der Waals surface area (Å²) >= 11 is 0. The zero-order chi connectivity index (χ0) is 20.7. The highest BCUT2D eigenvalue weighted by Gasteiger charge is 2.17. The third-order valence-corrected chi connectivity index (χ3v) is 5.00. The van der Waals surface area contributed by atoms with Crippen molar-refractivity contribution in [2.75, 3.05) is 6.61 Å². The number of nitrogens with one attached hydrogen (secondary N) is 2. The number of rotatable bonds is 9. The Hall–Kier alpha value is -2.98. The maximum atomic E-state index is 12.2. The van der Waals surface area contributed by atoms with Gasteiger partial charge in [0.25, 0.3) is 21.6 Å². The smallest absolute Gasteiger partial charge is 0.269 e. The molecule has 150 valence electrons. The maximum absolute atomic E-state index is 12.2. The number of sulfonamides is 1. The number of amides is 1. The number of non-ortho nitro benzene ring substituents is 1. The second-order valence-electron chi connectivity index (χ2n) is 6.37. The quantitative estimate of drug-likeness (QED) is 0.486. The number of carbonyl (C=O) groups excluding carboxylic acids is 1. The van der Waals surface area contributed by atoms with E-state index in [1.807, 2.05) is 4.83 Å². The molecule has 0 saturated carbocycles. The first-order valence-electron chi connectivity index (χ1n) is 8.48. The number of carbonyl (C=O) groups is 1. The van der Waals surface area contributed by atoms with E-state index >= 15 is 0 Å². The molecule has 0 aromatic heterocycles. The summed E-state index contributed by atoms with van der Waals surface area (Å²) in [6.07, 6.45) is 0.909. The monoisotopic (exact) mass is 407 g/mol. The van der Waals surface area contributed by atoms with Gasteiger partial charge in [0.1, 0.15) is 5.75 Å². The molecule has 0 fully saturated rings. The molecule has 10 heteroatoms. The molecule has 2 N–H and O–H groups in total. The van der Waals surface area contributed by atoms with E-state index in [2.05, 4.69) is 19.3 Å². The molecule has 0 atom stereocenters. The summed E-state index contributed by atoms with van der Waals surface area (Å²) in [5.41, 5.74) is 2.10. The highest BCUT2D eigenvalue weighted by molar-refractivity contribution is 7.89. The summed E-state index contributed by atoms with van der Waals surface area (Å²) in [5.74, 6) is 0.483. The SMILES string of the molecule is CC(C)CCOc1ccc(C(=O)NNS(=O)(=O)c2ccc([N+](=O)[O-])cc2)cc1. The summed E-state index contributed by atoms with van der Waals surface area (Å²) in [5, 5.41) is 10.6. The first-order chi connectivity index (χ1) is 13.2. The Labute approximate surface area is 162 Å².